The molecule has 1 aromatic rings. The molecule has 0 bridgehead atoms. The predicted octanol–water partition coefficient (Wildman–Crippen LogP) is 0.513. The fourth-order valence-electron chi connectivity index (χ4n) is 1.83. The zero-order valence-corrected chi connectivity index (χ0v) is 12.2. The number of nitrogens with zero attached hydrogens (tertiary/aromatic N) is 1. The summed E-state index contributed by atoms with van der Waals surface area (Å²) in [5.74, 6) is 0. The molecular formula is C12H21N3O3S. The van der Waals surface area contributed by atoms with Gasteiger partial charge in [-0.25, -0.2) is 13.6 Å². The van der Waals surface area contributed by atoms with Gasteiger partial charge in [0.2, 0.25) is 10.0 Å². The van der Waals surface area contributed by atoms with E-state index in [0.717, 1.165) is 0 Å². The van der Waals surface area contributed by atoms with Crippen molar-refractivity contribution in [2.75, 3.05) is 23.7 Å². The third kappa shape index (κ3) is 4.38. The topological polar surface area (TPSA) is 110 Å². The maximum Gasteiger partial charge on any atom is 0.238 e. The van der Waals surface area contributed by atoms with Crippen LogP contribution in [-0.4, -0.2) is 32.2 Å². The van der Waals surface area contributed by atoms with Crippen LogP contribution in [0.3, 0.4) is 0 Å². The first kappa shape index (κ1) is 15.7. The highest BCUT2D eigenvalue weighted by Gasteiger charge is 2.20. The molecule has 6 nitrogen and oxygen atoms in total. The standard InChI is InChI=1S/C12H21N3O3S/c1-4-15(8-12(2,3)16)11-6-5-9(7-10(11)13)19(14,17)18/h5-7,16H,4,8,13H2,1-3H3,(H2,14,17,18). The molecule has 0 unspecified atom stereocenters. The number of likely N-dealkylation sites (N-methyl/N-ethyl adjacent to an activating group) is 1. The number of aliphatic hydroxyl groups is 1. The zero-order chi connectivity index (χ0) is 14.8. The van der Waals surface area contributed by atoms with E-state index in [-0.39, 0.29) is 4.90 Å². The quantitative estimate of drug-likeness (QED) is 0.684. The third-order valence-electron chi connectivity index (χ3n) is 2.63. The minimum Gasteiger partial charge on any atom is -0.397 e. The SMILES string of the molecule is CCN(CC(C)(C)O)c1ccc(S(N)(=O)=O)cc1N. The fraction of sp³-hybridized carbons (Fsp3) is 0.500. The van der Waals surface area contributed by atoms with Crippen LogP contribution in [0.4, 0.5) is 11.4 Å². The lowest BCUT2D eigenvalue weighted by atomic mass is 10.1. The van der Waals surface area contributed by atoms with Crippen molar-refractivity contribution in [3.63, 3.8) is 0 Å². The van der Waals surface area contributed by atoms with Crippen molar-refractivity contribution in [2.45, 2.75) is 31.3 Å². The van der Waals surface area contributed by atoms with E-state index in [9.17, 15) is 13.5 Å². The molecular weight excluding hydrogens is 266 g/mol. The fourth-order valence-corrected chi connectivity index (χ4v) is 2.38. The number of benzene rings is 1. The summed E-state index contributed by atoms with van der Waals surface area (Å²) in [6, 6.07) is 4.34. The Labute approximate surface area is 114 Å². The number of anilines is 2. The number of nitrogens with two attached hydrogens (primary N) is 2. The lowest BCUT2D eigenvalue weighted by molar-refractivity contribution is 0.0876. The zero-order valence-electron chi connectivity index (χ0n) is 11.4. The molecule has 5 N–H and O–H groups in total. The Morgan fingerprint density at radius 1 is 1.37 bits per heavy atom. The van der Waals surface area contributed by atoms with Crippen molar-refractivity contribution in [3.05, 3.63) is 18.2 Å². The minimum absolute atomic E-state index is 0.0203. The van der Waals surface area contributed by atoms with Gasteiger partial charge in [-0.2, -0.15) is 0 Å². The maximum atomic E-state index is 11.2. The smallest absolute Gasteiger partial charge is 0.238 e. The van der Waals surface area contributed by atoms with Gasteiger partial charge >= 0.3 is 0 Å². The Balaban J connectivity index is 3.14. The highest BCUT2D eigenvalue weighted by Crippen LogP contribution is 2.27. The highest BCUT2D eigenvalue weighted by atomic mass is 32.2. The summed E-state index contributed by atoms with van der Waals surface area (Å²) in [7, 11) is -3.76. The van der Waals surface area contributed by atoms with Crippen molar-refractivity contribution < 1.29 is 13.5 Å². The molecule has 0 atom stereocenters. The van der Waals surface area contributed by atoms with E-state index in [1.54, 1.807) is 19.9 Å². The average molecular weight is 287 g/mol. The van der Waals surface area contributed by atoms with Crippen LogP contribution in [0.25, 0.3) is 0 Å². The van der Waals surface area contributed by atoms with Gasteiger partial charge in [0.05, 0.1) is 21.9 Å². The molecule has 0 aliphatic rings. The molecule has 0 saturated carbocycles. The molecule has 1 aromatic carbocycles. The van der Waals surface area contributed by atoms with Crippen molar-refractivity contribution in [1.29, 1.82) is 0 Å². The molecule has 0 heterocycles. The Morgan fingerprint density at radius 2 is 1.95 bits per heavy atom. The summed E-state index contributed by atoms with van der Waals surface area (Å²) in [6.07, 6.45) is 0. The number of hydrogen-bond acceptors (Lipinski definition) is 5. The molecule has 0 amide bonds. The first-order chi connectivity index (χ1) is 8.54. The van der Waals surface area contributed by atoms with Crippen LogP contribution in [0.2, 0.25) is 0 Å². The van der Waals surface area contributed by atoms with Crippen LogP contribution in [0.1, 0.15) is 20.8 Å². The summed E-state index contributed by atoms with van der Waals surface area (Å²) in [5.41, 5.74) is 5.99. The van der Waals surface area contributed by atoms with Crippen molar-refractivity contribution >= 4 is 21.4 Å². The Bertz CT molecular complexity index is 550. The van der Waals surface area contributed by atoms with Crippen molar-refractivity contribution in [2.24, 2.45) is 5.14 Å². The molecule has 0 radical (unpaired) electrons. The lowest BCUT2D eigenvalue weighted by Crippen LogP contribution is -2.39. The van der Waals surface area contributed by atoms with Gasteiger partial charge in [0.25, 0.3) is 0 Å². The number of rotatable bonds is 5. The molecule has 0 aliphatic carbocycles. The van der Waals surface area contributed by atoms with E-state index in [2.05, 4.69) is 0 Å². The maximum absolute atomic E-state index is 11.2. The first-order valence-corrected chi connectivity index (χ1v) is 7.49. The third-order valence-corrected chi connectivity index (χ3v) is 3.54. The molecule has 1 rings (SSSR count). The second-order valence-electron chi connectivity index (χ2n) is 5.09. The molecule has 0 saturated heterocycles. The number of primary sulfonamides is 1. The van der Waals surface area contributed by atoms with Gasteiger partial charge in [0.15, 0.2) is 0 Å². The van der Waals surface area contributed by atoms with E-state index < -0.39 is 15.6 Å². The second-order valence-corrected chi connectivity index (χ2v) is 6.65. The van der Waals surface area contributed by atoms with Crippen LogP contribution in [-0.2, 0) is 10.0 Å². The van der Waals surface area contributed by atoms with Crippen LogP contribution < -0.4 is 15.8 Å². The lowest BCUT2D eigenvalue weighted by Gasteiger charge is -2.30. The minimum atomic E-state index is -3.76. The molecule has 19 heavy (non-hydrogen) atoms. The van der Waals surface area contributed by atoms with E-state index in [1.807, 2.05) is 11.8 Å². The van der Waals surface area contributed by atoms with E-state index in [1.165, 1.54) is 12.1 Å². The molecule has 108 valence electrons. The highest BCUT2D eigenvalue weighted by molar-refractivity contribution is 7.89. The summed E-state index contributed by atoms with van der Waals surface area (Å²) in [4.78, 5) is 1.86. The van der Waals surface area contributed by atoms with Gasteiger partial charge in [-0.05, 0) is 39.0 Å². The molecule has 7 heteroatoms. The predicted molar refractivity (Wildman–Crippen MR) is 76.4 cm³/mol. The molecule has 0 aromatic heterocycles. The normalized spacial score (nSPS) is 12.5. The van der Waals surface area contributed by atoms with Gasteiger partial charge in [0.1, 0.15) is 0 Å². The second kappa shape index (κ2) is 5.36. The Hall–Kier alpha value is -1.31. The average Bonchev–Trinajstić information content (AvgIpc) is 2.23. The van der Waals surface area contributed by atoms with Crippen molar-refractivity contribution in [3.8, 4) is 0 Å². The van der Waals surface area contributed by atoms with Crippen LogP contribution >= 0.6 is 0 Å². The van der Waals surface area contributed by atoms with Crippen LogP contribution in [0, 0.1) is 0 Å². The largest absolute Gasteiger partial charge is 0.397 e. The van der Waals surface area contributed by atoms with E-state index in [0.29, 0.717) is 24.5 Å². The van der Waals surface area contributed by atoms with Gasteiger partial charge in [-0.1, -0.05) is 0 Å². The summed E-state index contributed by atoms with van der Waals surface area (Å²) >= 11 is 0. The van der Waals surface area contributed by atoms with Crippen LogP contribution in [0.15, 0.2) is 23.1 Å². The Morgan fingerprint density at radius 3 is 2.32 bits per heavy atom. The molecule has 0 aliphatic heterocycles. The van der Waals surface area contributed by atoms with Gasteiger partial charge in [0, 0.05) is 13.1 Å². The van der Waals surface area contributed by atoms with E-state index >= 15 is 0 Å². The van der Waals surface area contributed by atoms with E-state index in [4.69, 9.17) is 10.9 Å². The van der Waals surface area contributed by atoms with Crippen LogP contribution in [0.5, 0.6) is 0 Å². The van der Waals surface area contributed by atoms with Gasteiger partial charge in [-0.3, -0.25) is 0 Å². The number of sulfonamides is 1. The van der Waals surface area contributed by atoms with Gasteiger partial charge < -0.3 is 15.7 Å². The van der Waals surface area contributed by atoms with Gasteiger partial charge in [-0.15, -0.1) is 0 Å². The summed E-state index contributed by atoms with van der Waals surface area (Å²) < 4.78 is 22.5. The summed E-state index contributed by atoms with van der Waals surface area (Å²) in [6.45, 7) is 6.36. The monoisotopic (exact) mass is 287 g/mol. The van der Waals surface area contributed by atoms with Crippen molar-refractivity contribution in [1.82, 2.24) is 0 Å². The molecule has 0 fully saturated rings. The number of nitrogen functional groups attached to an aromatic ring is 1. The number of hydrogen-bond donors (Lipinski definition) is 3. The first-order valence-electron chi connectivity index (χ1n) is 5.94. The summed E-state index contributed by atoms with van der Waals surface area (Å²) in [5, 5.41) is 14.9. The molecule has 0 spiro atoms. The Kier molecular flexibility index (Phi) is 4.44.